The van der Waals surface area contributed by atoms with Crippen LogP contribution in [0.1, 0.15) is 45.1 Å². The van der Waals surface area contributed by atoms with E-state index >= 15 is 0 Å². The van der Waals surface area contributed by atoms with Gasteiger partial charge in [0.25, 0.3) is 0 Å². The molecule has 5 heteroatoms. The molecule has 1 unspecified atom stereocenters. The summed E-state index contributed by atoms with van der Waals surface area (Å²) >= 11 is 0. The highest BCUT2D eigenvalue weighted by Gasteiger charge is 2.14. The minimum Gasteiger partial charge on any atom is -0.399 e. The number of benzene rings is 1. The second kappa shape index (κ2) is 7.50. The molecular weight excluding hydrogens is 260 g/mol. The van der Waals surface area contributed by atoms with Crippen LogP contribution in [-0.4, -0.2) is 14.5 Å². The van der Waals surface area contributed by atoms with Gasteiger partial charge in [-0.1, -0.05) is 38.3 Å². The van der Waals surface area contributed by atoms with Crippen LogP contribution in [0.25, 0.3) is 0 Å². The van der Waals surface area contributed by atoms with Crippen molar-refractivity contribution in [2.45, 2.75) is 51.3 Å². The predicted molar refractivity (Wildman–Crippen MR) is 80.2 cm³/mol. The topological polar surface area (TPSA) is 72.2 Å². The fraction of sp³-hybridized carbons (Fsp3) is 0.571. The lowest BCUT2D eigenvalue weighted by atomic mass is 10.1. The van der Waals surface area contributed by atoms with Gasteiger partial charge in [0.1, 0.15) is 0 Å². The molecule has 1 aromatic rings. The Balaban J connectivity index is 2.49. The first-order chi connectivity index (χ1) is 8.93. The van der Waals surface area contributed by atoms with E-state index in [-0.39, 0.29) is 11.8 Å². The van der Waals surface area contributed by atoms with Crippen LogP contribution in [0.2, 0.25) is 0 Å². The van der Waals surface area contributed by atoms with Gasteiger partial charge in [-0.15, -0.1) is 0 Å². The van der Waals surface area contributed by atoms with Crippen molar-refractivity contribution in [1.82, 2.24) is 4.72 Å². The summed E-state index contributed by atoms with van der Waals surface area (Å²) in [7, 11) is -3.27. The molecular formula is C14H24N2O2S. The Labute approximate surface area is 116 Å². The number of hydrogen-bond donors (Lipinski definition) is 2. The van der Waals surface area contributed by atoms with Crippen LogP contribution in [0.4, 0.5) is 5.69 Å². The van der Waals surface area contributed by atoms with Gasteiger partial charge in [0.15, 0.2) is 0 Å². The van der Waals surface area contributed by atoms with E-state index in [9.17, 15) is 8.42 Å². The predicted octanol–water partition coefficient (Wildman–Crippen LogP) is 2.66. The maximum Gasteiger partial charge on any atom is 0.216 e. The molecule has 0 spiro atoms. The van der Waals surface area contributed by atoms with Crippen LogP contribution >= 0.6 is 0 Å². The molecule has 3 N–H and O–H groups in total. The minimum absolute atomic E-state index is 0.00535. The number of nitrogen functional groups attached to an aromatic ring is 1. The Morgan fingerprint density at radius 3 is 2.42 bits per heavy atom. The summed E-state index contributed by atoms with van der Waals surface area (Å²) in [5.41, 5.74) is 6.97. The molecule has 4 nitrogen and oxygen atoms in total. The second-order valence-electron chi connectivity index (χ2n) is 5.02. The second-order valence-corrected chi connectivity index (χ2v) is 6.77. The van der Waals surface area contributed by atoms with Crippen LogP contribution in [0.5, 0.6) is 0 Å². The van der Waals surface area contributed by atoms with Crippen molar-refractivity contribution in [1.29, 1.82) is 0 Å². The van der Waals surface area contributed by atoms with Gasteiger partial charge in [0.05, 0.1) is 5.75 Å². The standard InChI is InChI=1S/C14H24N2O2S/c1-3-4-5-6-12(2)16-19(17,18)11-13-7-9-14(15)10-8-13/h7-10,12,16H,3-6,11,15H2,1-2H3. The zero-order valence-corrected chi connectivity index (χ0v) is 12.5. The van der Waals surface area contributed by atoms with E-state index in [1.807, 2.05) is 6.92 Å². The van der Waals surface area contributed by atoms with Gasteiger partial charge in [-0.3, -0.25) is 0 Å². The highest BCUT2D eigenvalue weighted by molar-refractivity contribution is 7.88. The van der Waals surface area contributed by atoms with E-state index in [1.54, 1.807) is 24.3 Å². The smallest absolute Gasteiger partial charge is 0.216 e. The average molecular weight is 284 g/mol. The number of nitrogens with two attached hydrogens (primary N) is 1. The number of rotatable bonds is 8. The van der Waals surface area contributed by atoms with E-state index in [1.165, 1.54) is 0 Å². The van der Waals surface area contributed by atoms with Crippen LogP contribution in [0, 0.1) is 0 Å². The number of nitrogens with one attached hydrogen (secondary N) is 1. The van der Waals surface area contributed by atoms with Crippen LogP contribution in [0.15, 0.2) is 24.3 Å². The van der Waals surface area contributed by atoms with Gasteiger partial charge in [-0.05, 0) is 31.0 Å². The zero-order valence-electron chi connectivity index (χ0n) is 11.7. The molecule has 0 aliphatic rings. The lowest BCUT2D eigenvalue weighted by Crippen LogP contribution is -2.33. The lowest BCUT2D eigenvalue weighted by Gasteiger charge is -2.14. The van der Waals surface area contributed by atoms with Crippen molar-refractivity contribution >= 4 is 15.7 Å². The van der Waals surface area contributed by atoms with Crippen molar-refractivity contribution < 1.29 is 8.42 Å². The Morgan fingerprint density at radius 1 is 1.21 bits per heavy atom. The Morgan fingerprint density at radius 2 is 1.84 bits per heavy atom. The molecule has 0 radical (unpaired) electrons. The van der Waals surface area contributed by atoms with Crippen molar-refractivity contribution in [2.24, 2.45) is 0 Å². The van der Waals surface area contributed by atoms with E-state index in [0.29, 0.717) is 5.69 Å². The van der Waals surface area contributed by atoms with E-state index in [2.05, 4.69) is 11.6 Å². The summed E-state index contributed by atoms with van der Waals surface area (Å²) in [6, 6.07) is 6.92. The van der Waals surface area contributed by atoms with Crippen molar-refractivity contribution in [3.8, 4) is 0 Å². The summed E-state index contributed by atoms with van der Waals surface area (Å²) in [5, 5.41) is 0. The maximum absolute atomic E-state index is 12.0. The third-order valence-electron chi connectivity index (χ3n) is 2.96. The monoisotopic (exact) mass is 284 g/mol. The van der Waals surface area contributed by atoms with E-state index in [0.717, 1.165) is 31.2 Å². The van der Waals surface area contributed by atoms with E-state index < -0.39 is 10.0 Å². The van der Waals surface area contributed by atoms with Crippen molar-refractivity contribution in [3.63, 3.8) is 0 Å². The van der Waals surface area contributed by atoms with Crippen LogP contribution < -0.4 is 10.5 Å². The molecule has 0 saturated heterocycles. The first-order valence-corrected chi connectivity index (χ1v) is 8.42. The molecule has 0 aliphatic carbocycles. The Hall–Kier alpha value is -1.07. The summed E-state index contributed by atoms with van der Waals surface area (Å²) in [6.45, 7) is 4.05. The Kier molecular flexibility index (Phi) is 6.31. The van der Waals surface area contributed by atoms with Gasteiger partial charge in [0.2, 0.25) is 10.0 Å². The third kappa shape index (κ3) is 6.59. The lowest BCUT2D eigenvalue weighted by molar-refractivity contribution is 0.526. The third-order valence-corrected chi connectivity index (χ3v) is 4.43. The molecule has 1 atom stereocenters. The largest absolute Gasteiger partial charge is 0.399 e. The molecule has 0 heterocycles. The fourth-order valence-electron chi connectivity index (χ4n) is 1.94. The average Bonchev–Trinajstić information content (AvgIpc) is 2.31. The van der Waals surface area contributed by atoms with Crippen LogP contribution in [-0.2, 0) is 15.8 Å². The first-order valence-electron chi connectivity index (χ1n) is 6.77. The highest BCUT2D eigenvalue weighted by Crippen LogP contribution is 2.10. The van der Waals surface area contributed by atoms with Gasteiger partial charge in [0, 0.05) is 11.7 Å². The number of unbranched alkanes of at least 4 members (excludes halogenated alkanes) is 2. The number of anilines is 1. The summed E-state index contributed by atoms with van der Waals surface area (Å²) in [4.78, 5) is 0. The van der Waals surface area contributed by atoms with Crippen molar-refractivity contribution in [2.75, 3.05) is 5.73 Å². The number of sulfonamides is 1. The maximum atomic E-state index is 12.0. The Bertz CT molecular complexity index is 469. The summed E-state index contributed by atoms with van der Waals surface area (Å²) in [5.74, 6) is 0.00535. The van der Waals surface area contributed by atoms with Gasteiger partial charge >= 0.3 is 0 Å². The molecule has 0 aromatic heterocycles. The normalized spacial score (nSPS) is 13.4. The molecule has 0 fully saturated rings. The quantitative estimate of drug-likeness (QED) is 0.569. The fourth-order valence-corrected chi connectivity index (χ4v) is 3.39. The van der Waals surface area contributed by atoms with Gasteiger partial charge in [-0.25, -0.2) is 13.1 Å². The minimum atomic E-state index is -3.27. The molecule has 0 aliphatic heterocycles. The molecule has 0 bridgehead atoms. The van der Waals surface area contributed by atoms with E-state index in [4.69, 9.17) is 5.73 Å². The molecule has 19 heavy (non-hydrogen) atoms. The molecule has 0 saturated carbocycles. The summed E-state index contributed by atoms with van der Waals surface area (Å²) in [6.07, 6.45) is 4.23. The summed E-state index contributed by atoms with van der Waals surface area (Å²) < 4.78 is 26.7. The molecule has 108 valence electrons. The zero-order chi connectivity index (χ0) is 14.3. The number of hydrogen-bond acceptors (Lipinski definition) is 3. The molecule has 1 aromatic carbocycles. The van der Waals surface area contributed by atoms with Crippen molar-refractivity contribution in [3.05, 3.63) is 29.8 Å². The molecule has 1 rings (SSSR count). The van der Waals surface area contributed by atoms with Crippen LogP contribution in [0.3, 0.4) is 0 Å². The SMILES string of the molecule is CCCCCC(C)NS(=O)(=O)Cc1ccc(N)cc1. The highest BCUT2D eigenvalue weighted by atomic mass is 32.2. The van der Waals surface area contributed by atoms with Gasteiger partial charge in [-0.2, -0.15) is 0 Å². The molecule has 0 amide bonds. The first kappa shape index (κ1) is 16.0. The van der Waals surface area contributed by atoms with Gasteiger partial charge < -0.3 is 5.73 Å².